The van der Waals surface area contributed by atoms with E-state index in [1.165, 1.54) is 7.11 Å². The van der Waals surface area contributed by atoms with Crippen molar-refractivity contribution in [1.82, 2.24) is 4.90 Å². The van der Waals surface area contributed by atoms with Crippen LogP contribution in [0.3, 0.4) is 0 Å². The number of amides is 1. The minimum absolute atomic E-state index is 0.186. The van der Waals surface area contributed by atoms with Crippen molar-refractivity contribution >= 4 is 17.9 Å². The fraction of sp³-hybridized carbons (Fsp3) is 0.875. The maximum absolute atomic E-state index is 11.1. The third kappa shape index (κ3) is 2.30. The lowest BCUT2D eigenvalue weighted by Gasteiger charge is -2.30. The molecule has 0 N–H and O–H groups in total. The van der Waals surface area contributed by atoms with Crippen LogP contribution in [0.15, 0.2) is 0 Å². The van der Waals surface area contributed by atoms with Gasteiger partial charge in [-0.15, -0.1) is 0 Å². The summed E-state index contributed by atoms with van der Waals surface area (Å²) in [6, 6.07) is 0. The van der Waals surface area contributed by atoms with Gasteiger partial charge in [-0.1, -0.05) is 6.92 Å². The summed E-state index contributed by atoms with van der Waals surface area (Å²) in [6.45, 7) is 3.82. The standard InChI is InChI=1S/C8H15NO2S/c1-3-7-6-9(4-5-12-7)8(10)11-2/h7H,3-6H2,1-2H3. The number of ether oxygens (including phenoxy) is 1. The van der Waals surface area contributed by atoms with Crippen molar-refractivity contribution < 1.29 is 9.53 Å². The second kappa shape index (κ2) is 4.60. The van der Waals surface area contributed by atoms with E-state index in [1.807, 2.05) is 11.8 Å². The maximum Gasteiger partial charge on any atom is 0.409 e. The van der Waals surface area contributed by atoms with Crippen LogP contribution in [0.5, 0.6) is 0 Å². The zero-order chi connectivity index (χ0) is 8.97. The molecular formula is C8H15NO2S. The highest BCUT2D eigenvalue weighted by atomic mass is 32.2. The van der Waals surface area contributed by atoms with Crippen LogP contribution in [0, 0.1) is 0 Å². The third-order valence-corrected chi connectivity index (χ3v) is 3.40. The Morgan fingerprint density at radius 3 is 3.08 bits per heavy atom. The molecule has 4 heteroatoms. The lowest BCUT2D eigenvalue weighted by molar-refractivity contribution is 0.125. The summed E-state index contributed by atoms with van der Waals surface area (Å²) < 4.78 is 4.66. The van der Waals surface area contributed by atoms with Crippen LogP contribution in [-0.2, 0) is 4.74 Å². The van der Waals surface area contributed by atoms with Crippen molar-refractivity contribution in [2.24, 2.45) is 0 Å². The number of hydrogen-bond acceptors (Lipinski definition) is 3. The number of nitrogens with zero attached hydrogens (tertiary/aromatic N) is 1. The van der Waals surface area contributed by atoms with Crippen molar-refractivity contribution in [3.05, 3.63) is 0 Å². The van der Waals surface area contributed by atoms with Gasteiger partial charge in [-0.3, -0.25) is 0 Å². The van der Waals surface area contributed by atoms with Gasteiger partial charge >= 0.3 is 6.09 Å². The van der Waals surface area contributed by atoms with Gasteiger partial charge in [0.15, 0.2) is 0 Å². The number of hydrogen-bond donors (Lipinski definition) is 0. The molecule has 3 nitrogen and oxygen atoms in total. The first kappa shape index (κ1) is 9.71. The lowest BCUT2D eigenvalue weighted by Crippen LogP contribution is -2.41. The molecule has 1 aliphatic heterocycles. The molecule has 0 aromatic heterocycles. The molecule has 12 heavy (non-hydrogen) atoms. The Morgan fingerprint density at radius 2 is 2.50 bits per heavy atom. The smallest absolute Gasteiger partial charge is 0.409 e. The maximum atomic E-state index is 11.1. The van der Waals surface area contributed by atoms with Crippen molar-refractivity contribution in [1.29, 1.82) is 0 Å². The third-order valence-electron chi connectivity index (χ3n) is 2.03. The van der Waals surface area contributed by atoms with Gasteiger partial charge in [-0.25, -0.2) is 4.79 Å². The number of carbonyl (C=O) groups excluding carboxylic acids is 1. The first-order chi connectivity index (χ1) is 5.77. The van der Waals surface area contributed by atoms with E-state index in [1.54, 1.807) is 4.90 Å². The minimum atomic E-state index is -0.186. The summed E-state index contributed by atoms with van der Waals surface area (Å²) in [6.07, 6.45) is 0.937. The summed E-state index contributed by atoms with van der Waals surface area (Å²) >= 11 is 1.95. The van der Waals surface area contributed by atoms with E-state index in [0.717, 1.165) is 25.3 Å². The molecule has 70 valence electrons. The predicted molar refractivity (Wildman–Crippen MR) is 50.5 cm³/mol. The van der Waals surface area contributed by atoms with E-state index in [9.17, 15) is 4.79 Å². The van der Waals surface area contributed by atoms with Gasteiger partial charge in [-0.2, -0.15) is 11.8 Å². The molecule has 0 bridgehead atoms. The monoisotopic (exact) mass is 189 g/mol. The van der Waals surface area contributed by atoms with Crippen LogP contribution >= 0.6 is 11.8 Å². The molecule has 0 aliphatic carbocycles. The zero-order valence-corrected chi connectivity index (χ0v) is 8.39. The van der Waals surface area contributed by atoms with E-state index in [-0.39, 0.29) is 6.09 Å². The molecule has 1 fully saturated rings. The largest absolute Gasteiger partial charge is 0.453 e. The van der Waals surface area contributed by atoms with Gasteiger partial charge < -0.3 is 9.64 Å². The fourth-order valence-corrected chi connectivity index (χ4v) is 2.44. The Bertz CT molecular complexity index is 163. The molecule has 0 aromatic carbocycles. The fourth-order valence-electron chi connectivity index (χ4n) is 1.26. The van der Waals surface area contributed by atoms with E-state index >= 15 is 0 Å². The summed E-state index contributed by atoms with van der Waals surface area (Å²) in [5, 5.41) is 0.595. The Labute approximate surface area is 77.4 Å². The highest BCUT2D eigenvalue weighted by Gasteiger charge is 2.22. The van der Waals surface area contributed by atoms with Crippen molar-refractivity contribution in [2.75, 3.05) is 26.0 Å². The molecule has 0 spiro atoms. The normalized spacial score (nSPS) is 23.8. The van der Waals surface area contributed by atoms with Crippen LogP contribution in [-0.4, -0.2) is 42.2 Å². The summed E-state index contributed by atoms with van der Waals surface area (Å²) in [7, 11) is 1.44. The molecule has 1 unspecified atom stereocenters. The zero-order valence-electron chi connectivity index (χ0n) is 7.58. The first-order valence-corrected chi connectivity index (χ1v) is 5.27. The molecule has 1 aliphatic rings. The molecule has 0 radical (unpaired) electrons. The Balaban J connectivity index is 2.40. The van der Waals surface area contributed by atoms with E-state index in [0.29, 0.717) is 5.25 Å². The van der Waals surface area contributed by atoms with Crippen LogP contribution in [0.1, 0.15) is 13.3 Å². The van der Waals surface area contributed by atoms with Gasteiger partial charge in [0.1, 0.15) is 0 Å². The number of methoxy groups -OCH3 is 1. The lowest BCUT2D eigenvalue weighted by atomic mass is 10.3. The Morgan fingerprint density at radius 1 is 1.75 bits per heavy atom. The molecule has 1 rings (SSSR count). The Hall–Kier alpha value is -0.380. The highest BCUT2D eigenvalue weighted by molar-refractivity contribution is 8.00. The topological polar surface area (TPSA) is 29.5 Å². The van der Waals surface area contributed by atoms with Crippen molar-refractivity contribution in [3.8, 4) is 0 Å². The average molecular weight is 189 g/mol. The molecule has 1 amide bonds. The van der Waals surface area contributed by atoms with Gasteiger partial charge in [0.05, 0.1) is 7.11 Å². The molecule has 0 aromatic rings. The van der Waals surface area contributed by atoms with Crippen LogP contribution < -0.4 is 0 Å². The quantitative estimate of drug-likeness (QED) is 0.627. The van der Waals surface area contributed by atoms with E-state index in [4.69, 9.17) is 0 Å². The van der Waals surface area contributed by atoms with Gasteiger partial charge in [0.2, 0.25) is 0 Å². The second-order valence-electron chi connectivity index (χ2n) is 2.82. The predicted octanol–water partition coefficient (Wildman–Crippen LogP) is 1.58. The summed E-state index contributed by atoms with van der Waals surface area (Å²) in [5.41, 5.74) is 0. The van der Waals surface area contributed by atoms with Crippen LogP contribution in [0.2, 0.25) is 0 Å². The van der Waals surface area contributed by atoms with Gasteiger partial charge in [0, 0.05) is 24.1 Å². The summed E-state index contributed by atoms with van der Waals surface area (Å²) in [4.78, 5) is 12.9. The van der Waals surface area contributed by atoms with Crippen LogP contribution in [0.25, 0.3) is 0 Å². The number of rotatable bonds is 1. The highest BCUT2D eigenvalue weighted by Crippen LogP contribution is 2.21. The minimum Gasteiger partial charge on any atom is -0.453 e. The van der Waals surface area contributed by atoms with Crippen molar-refractivity contribution in [2.45, 2.75) is 18.6 Å². The molecule has 1 saturated heterocycles. The average Bonchev–Trinajstić information content (AvgIpc) is 2.17. The SMILES string of the molecule is CCC1CN(C(=O)OC)CCS1. The first-order valence-electron chi connectivity index (χ1n) is 4.22. The van der Waals surface area contributed by atoms with Crippen LogP contribution in [0.4, 0.5) is 4.79 Å². The summed E-state index contributed by atoms with van der Waals surface area (Å²) in [5.74, 6) is 1.04. The number of carbonyl (C=O) groups is 1. The molecule has 1 heterocycles. The molecule has 1 atom stereocenters. The second-order valence-corrected chi connectivity index (χ2v) is 4.23. The van der Waals surface area contributed by atoms with Gasteiger partial charge in [0.25, 0.3) is 0 Å². The Kier molecular flexibility index (Phi) is 3.72. The molecule has 0 saturated carbocycles. The van der Waals surface area contributed by atoms with E-state index in [2.05, 4.69) is 11.7 Å². The van der Waals surface area contributed by atoms with Crippen molar-refractivity contribution in [3.63, 3.8) is 0 Å². The number of thioether (sulfide) groups is 1. The van der Waals surface area contributed by atoms with E-state index < -0.39 is 0 Å². The molecular weight excluding hydrogens is 174 g/mol. The van der Waals surface area contributed by atoms with Gasteiger partial charge in [-0.05, 0) is 6.42 Å².